The molecule has 148 valence electrons. The largest absolute Gasteiger partial charge is 0.319 e. The Bertz CT molecular complexity index is 824. The van der Waals surface area contributed by atoms with Crippen molar-refractivity contribution in [2.24, 2.45) is 5.92 Å². The summed E-state index contributed by atoms with van der Waals surface area (Å²) in [6.07, 6.45) is 2.40. The topological polar surface area (TPSA) is 86.8 Å². The van der Waals surface area contributed by atoms with Crippen LogP contribution in [0.25, 0.3) is 0 Å². The molecule has 0 aromatic heterocycles. The van der Waals surface area contributed by atoms with E-state index in [4.69, 9.17) is 0 Å². The lowest BCUT2D eigenvalue weighted by Crippen LogP contribution is -2.33. The lowest BCUT2D eigenvalue weighted by molar-refractivity contribution is 0.447. The van der Waals surface area contributed by atoms with Gasteiger partial charge in [-0.2, -0.15) is 8.61 Å². The zero-order valence-electron chi connectivity index (χ0n) is 14.8. The summed E-state index contributed by atoms with van der Waals surface area (Å²) in [5.41, 5.74) is 0. The summed E-state index contributed by atoms with van der Waals surface area (Å²) in [6, 6.07) is 5.97. The van der Waals surface area contributed by atoms with Crippen LogP contribution in [0.4, 0.5) is 0 Å². The van der Waals surface area contributed by atoms with Gasteiger partial charge in [-0.1, -0.05) is 12.1 Å². The van der Waals surface area contributed by atoms with Gasteiger partial charge in [0.05, 0.1) is 0 Å². The molecule has 10 heteroatoms. The molecule has 2 aliphatic heterocycles. The predicted molar refractivity (Wildman–Crippen MR) is 102 cm³/mol. The van der Waals surface area contributed by atoms with E-state index in [0.717, 1.165) is 25.8 Å². The molecule has 2 saturated heterocycles. The first-order valence-corrected chi connectivity index (χ1v) is 11.5. The second-order valence-corrected chi connectivity index (χ2v) is 10.4. The van der Waals surface area contributed by atoms with Crippen molar-refractivity contribution in [3.8, 4) is 0 Å². The molecule has 0 spiro atoms. The van der Waals surface area contributed by atoms with Crippen LogP contribution in [0.3, 0.4) is 0 Å². The molecule has 3 rings (SSSR count). The summed E-state index contributed by atoms with van der Waals surface area (Å²) in [7, 11) is -5.78. The Morgan fingerprint density at radius 2 is 1.50 bits per heavy atom. The molecule has 0 amide bonds. The molecule has 2 heterocycles. The monoisotopic (exact) mass is 423 g/mol. The van der Waals surface area contributed by atoms with Crippen molar-refractivity contribution in [2.45, 2.75) is 29.1 Å². The van der Waals surface area contributed by atoms with Crippen molar-refractivity contribution in [3.63, 3.8) is 0 Å². The fourth-order valence-corrected chi connectivity index (χ4v) is 7.38. The first-order chi connectivity index (χ1) is 11.9. The smallest absolute Gasteiger partial charge is 0.244 e. The molecular formula is C16H26ClN3O4S2. The summed E-state index contributed by atoms with van der Waals surface area (Å²) >= 11 is 0. The number of nitrogens with zero attached hydrogens (tertiary/aromatic N) is 2. The second-order valence-electron chi connectivity index (χ2n) is 6.63. The highest BCUT2D eigenvalue weighted by molar-refractivity contribution is 7.92. The number of hydrogen-bond donors (Lipinski definition) is 1. The minimum atomic E-state index is -3.83. The maximum atomic E-state index is 13.1. The average molecular weight is 424 g/mol. The number of hydrogen-bond acceptors (Lipinski definition) is 5. The molecule has 0 bridgehead atoms. The zero-order chi connectivity index (χ0) is 18.1. The van der Waals surface area contributed by atoms with E-state index >= 15 is 0 Å². The van der Waals surface area contributed by atoms with Crippen LogP contribution in [0.15, 0.2) is 34.1 Å². The molecule has 1 unspecified atom stereocenters. The highest BCUT2D eigenvalue weighted by Crippen LogP contribution is 2.31. The lowest BCUT2D eigenvalue weighted by Gasteiger charge is -2.21. The number of rotatable bonds is 6. The molecule has 2 fully saturated rings. The maximum Gasteiger partial charge on any atom is 0.244 e. The van der Waals surface area contributed by atoms with E-state index in [9.17, 15) is 16.8 Å². The van der Waals surface area contributed by atoms with Gasteiger partial charge in [0.25, 0.3) is 0 Å². The lowest BCUT2D eigenvalue weighted by atomic mass is 10.1. The normalized spacial score (nSPS) is 22.4. The fourth-order valence-electron chi connectivity index (χ4n) is 3.55. The van der Waals surface area contributed by atoms with Crippen LogP contribution in [-0.2, 0) is 20.0 Å². The Labute approximate surface area is 162 Å². The van der Waals surface area contributed by atoms with E-state index in [0.29, 0.717) is 26.2 Å². The van der Waals surface area contributed by atoms with Gasteiger partial charge >= 0.3 is 0 Å². The Kier molecular flexibility index (Phi) is 7.09. The number of benzene rings is 1. The summed E-state index contributed by atoms with van der Waals surface area (Å²) < 4.78 is 54.8. The molecule has 2 aliphatic rings. The molecule has 1 N–H and O–H groups in total. The molecule has 0 radical (unpaired) electrons. The first kappa shape index (κ1) is 21.6. The maximum absolute atomic E-state index is 13.1. The third-order valence-corrected chi connectivity index (χ3v) is 8.90. The minimum Gasteiger partial charge on any atom is -0.319 e. The minimum absolute atomic E-state index is 0. The third kappa shape index (κ3) is 4.07. The van der Waals surface area contributed by atoms with Crippen LogP contribution in [0.1, 0.15) is 19.3 Å². The van der Waals surface area contributed by atoms with Crippen molar-refractivity contribution in [1.29, 1.82) is 0 Å². The molecule has 0 aliphatic carbocycles. The average Bonchev–Trinajstić information content (AvgIpc) is 3.27. The second kappa shape index (κ2) is 8.53. The summed E-state index contributed by atoms with van der Waals surface area (Å²) in [5, 5.41) is 3.07. The van der Waals surface area contributed by atoms with Crippen molar-refractivity contribution in [1.82, 2.24) is 13.9 Å². The van der Waals surface area contributed by atoms with Gasteiger partial charge in [-0.05, 0) is 50.9 Å². The molecule has 1 aromatic rings. The first-order valence-electron chi connectivity index (χ1n) is 8.61. The Balaban J connectivity index is 0.00000243. The van der Waals surface area contributed by atoms with Crippen LogP contribution >= 0.6 is 12.4 Å². The van der Waals surface area contributed by atoms with Crippen LogP contribution in [0.2, 0.25) is 0 Å². The van der Waals surface area contributed by atoms with Gasteiger partial charge in [-0.15, -0.1) is 12.4 Å². The molecule has 0 saturated carbocycles. The highest BCUT2D eigenvalue weighted by atomic mass is 35.5. The van der Waals surface area contributed by atoms with Gasteiger partial charge in [-0.25, -0.2) is 16.8 Å². The molecule has 26 heavy (non-hydrogen) atoms. The Morgan fingerprint density at radius 3 is 2.04 bits per heavy atom. The highest BCUT2D eigenvalue weighted by Gasteiger charge is 2.37. The predicted octanol–water partition coefficient (Wildman–Crippen LogP) is 1.12. The number of nitrogens with one attached hydrogen (secondary N) is 1. The van der Waals surface area contributed by atoms with Crippen molar-refractivity contribution >= 4 is 32.5 Å². The van der Waals surface area contributed by atoms with E-state index in [1.165, 1.54) is 20.7 Å². The van der Waals surface area contributed by atoms with Crippen molar-refractivity contribution in [2.75, 3.05) is 39.8 Å². The van der Waals surface area contributed by atoms with Gasteiger partial charge in [0.2, 0.25) is 20.0 Å². The molecule has 1 atom stereocenters. The third-order valence-electron chi connectivity index (χ3n) is 4.89. The summed E-state index contributed by atoms with van der Waals surface area (Å²) in [6.45, 7) is 2.49. The number of halogens is 1. The van der Waals surface area contributed by atoms with Crippen LogP contribution in [0.5, 0.6) is 0 Å². The van der Waals surface area contributed by atoms with Crippen molar-refractivity contribution in [3.05, 3.63) is 24.3 Å². The van der Waals surface area contributed by atoms with E-state index < -0.39 is 20.0 Å². The van der Waals surface area contributed by atoms with Crippen LogP contribution < -0.4 is 5.32 Å². The SMILES string of the molecule is CNCC1CCN(S(=O)(=O)c2ccccc2S(=O)(=O)N2CCCC2)C1.Cl. The zero-order valence-corrected chi connectivity index (χ0v) is 17.2. The quantitative estimate of drug-likeness (QED) is 0.740. The Morgan fingerprint density at radius 1 is 0.962 bits per heavy atom. The van der Waals surface area contributed by atoms with Gasteiger partial charge in [0.15, 0.2) is 0 Å². The van der Waals surface area contributed by atoms with E-state index in [2.05, 4.69) is 5.32 Å². The summed E-state index contributed by atoms with van der Waals surface area (Å²) in [5.74, 6) is 0.252. The van der Waals surface area contributed by atoms with E-state index in [-0.39, 0.29) is 28.1 Å². The van der Waals surface area contributed by atoms with Gasteiger partial charge in [0.1, 0.15) is 9.79 Å². The van der Waals surface area contributed by atoms with E-state index in [1.807, 2.05) is 7.05 Å². The fraction of sp³-hybridized carbons (Fsp3) is 0.625. The number of sulfonamides is 2. The molecular weight excluding hydrogens is 398 g/mol. The van der Waals surface area contributed by atoms with Crippen LogP contribution in [0, 0.1) is 5.92 Å². The van der Waals surface area contributed by atoms with Crippen molar-refractivity contribution < 1.29 is 16.8 Å². The molecule has 1 aromatic carbocycles. The standard InChI is InChI=1S/C16H25N3O4S2.ClH/c1-17-12-14-8-11-19(13-14)25(22,23)16-7-3-2-6-15(16)24(20,21)18-9-4-5-10-18;/h2-3,6-7,14,17H,4-5,8-13H2,1H3;1H. The van der Waals surface area contributed by atoms with Gasteiger partial charge < -0.3 is 5.32 Å². The van der Waals surface area contributed by atoms with Gasteiger partial charge in [0, 0.05) is 26.2 Å². The van der Waals surface area contributed by atoms with Gasteiger partial charge in [-0.3, -0.25) is 0 Å². The Hall–Kier alpha value is -0.710. The van der Waals surface area contributed by atoms with Crippen LogP contribution in [-0.4, -0.2) is 65.2 Å². The van der Waals surface area contributed by atoms with E-state index in [1.54, 1.807) is 12.1 Å². The molecule has 7 nitrogen and oxygen atoms in total. The summed E-state index contributed by atoms with van der Waals surface area (Å²) in [4.78, 5) is -0.207.